The van der Waals surface area contributed by atoms with E-state index in [0.717, 1.165) is 46.7 Å². The van der Waals surface area contributed by atoms with Gasteiger partial charge in [-0.25, -0.2) is 4.98 Å². The Morgan fingerprint density at radius 3 is 2.65 bits per heavy atom. The Hall–Kier alpha value is -3.86. The third-order valence-electron chi connectivity index (χ3n) is 8.00. The van der Waals surface area contributed by atoms with Crippen LogP contribution in [-0.4, -0.2) is 62.2 Å². The molecule has 1 saturated heterocycles. The van der Waals surface area contributed by atoms with E-state index >= 15 is 0 Å². The Morgan fingerprint density at radius 1 is 1.16 bits per heavy atom. The summed E-state index contributed by atoms with van der Waals surface area (Å²) in [6.07, 6.45) is 5.83. The molecule has 0 aliphatic carbocycles. The molecule has 10 heteroatoms. The standard InChI is InChI=1S/C33H40N6O3S/c1-4-27(26-17-35-36-18-26)34-19-30(40)28(15-23-9-6-5-7-10-23)38-31(41)24-13-21(2)14-25(16-24)33(42)39-12-8-11-29(39)32-37-22(3)20-43-32/h5-7,9-10,13-14,16-18,20,27-30,34,40H,4,8,11-12,15,19H2,1-3H3,(H,35,36)(H,38,41)/t27?,28-,29+,30+/m0/s1. The Bertz CT molecular complexity index is 1510. The fourth-order valence-corrected chi connectivity index (χ4v) is 6.70. The first-order chi connectivity index (χ1) is 20.8. The van der Waals surface area contributed by atoms with Gasteiger partial charge in [-0.15, -0.1) is 11.3 Å². The molecule has 1 unspecified atom stereocenters. The first-order valence-electron chi connectivity index (χ1n) is 14.9. The van der Waals surface area contributed by atoms with Gasteiger partial charge in [0.1, 0.15) is 5.01 Å². The number of carbonyl (C=O) groups excluding carboxylic acids is 2. The van der Waals surface area contributed by atoms with Crippen LogP contribution in [-0.2, 0) is 6.42 Å². The first-order valence-corrected chi connectivity index (χ1v) is 15.8. The van der Waals surface area contributed by atoms with Crippen molar-refractivity contribution in [2.24, 2.45) is 0 Å². The summed E-state index contributed by atoms with van der Waals surface area (Å²) in [5.74, 6) is -0.420. The number of amides is 2. The molecule has 4 atom stereocenters. The second kappa shape index (κ2) is 14.1. The number of aryl methyl sites for hydroxylation is 2. The number of aromatic nitrogens is 3. The number of thiazole rings is 1. The Labute approximate surface area is 256 Å². The summed E-state index contributed by atoms with van der Waals surface area (Å²) in [5, 5.41) is 27.7. The predicted octanol–water partition coefficient (Wildman–Crippen LogP) is 4.90. The van der Waals surface area contributed by atoms with E-state index in [0.29, 0.717) is 24.1 Å². The summed E-state index contributed by atoms with van der Waals surface area (Å²) in [5.41, 5.74) is 4.68. The van der Waals surface area contributed by atoms with Gasteiger partial charge in [0.05, 0.1) is 24.4 Å². The second-order valence-electron chi connectivity index (χ2n) is 11.3. The van der Waals surface area contributed by atoms with Gasteiger partial charge >= 0.3 is 0 Å². The van der Waals surface area contributed by atoms with Gasteiger partial charge in [-0.2, -0.15) is 5.10 Å². The van der Waals surface area contributed by atoms with Crippen molar-refractivity contribution in [1.82, 2.24) is 30.7 Å². The summed E-state index contributed by atoms with van der Waals surface area (Å²) in [6.45, 7) is 6.87. The molecule has 0 spiro atoms. The molecular weight excluding hydrogens is 560 g/mol. The van der Waals surface area contributed by atoms with Gasteiger partial charge in [0.15, 0.2) is 0 Å². The number of aromatic amines is 1. The fraction of sp³-hybridized carbons (Fsp3) is 0.394. The average molecular weight is 601 g/mol. The number of nitrogens with zero attached hydrogens (tertiary/aromatic N) is 3. The zero-order valence-corrected chi connectivity index (χ0v) is 25.7. The Balaban J connectivity index is 1.32. The summed E-state index contributed by atoms with van der Waals surface area (Å²) >= 11 is 1.59. The lowest BCUT2D eigenvalue weighted by Crippen LogP contribution is -2.49. The van der Waals surface area contributed by atoms with Crippen molar-refractivity contribution in [2.75, 3.05) is 13.1 Å². The highest BCUT2D eigenvalue weighted by Gasteiger charge is 2.33. The molecular formula is C33H40N6O3S. The number of rotatable bonds is 12. The fourth-order valence-electron chi connectivity index (χ4n) is 5.75. The number of benzene rings is 2. The van der Waals surface area contributed by atoms with Crippen LogP contribution in [0.4, 0.5) is 0 Å². The number of nitrogens with one attached hydrogen (secondary N) is 3. The molecule has 2 amide bonds. The van der Waals surface area contributed by atoms with E-state index in [1.165, 1.54) is 0 Å². The summed E-state index contributed by atoms with van der Waals surface area (Å²) < 4.78 is 0. The largest absolute Gasteiger partial charge is 0.390 e. The first kappa shape index (κ1) is 30.6. The highest BCUT2D eigenvalue weighted by atomic mass is 32.1. The molecule has 1 aliphatic rings. The summed E-state index contributed by atoms with van der Waals surface area (Å²) in [7, 11) is 0. The maximum Gasteiger partial charge on any atom is 0.254 e. The quantitative estimate of drug-likeness (QED) is 0.183. The summed E-state index contributed by atoms with van der Waals surface area (Å²) in [6, 6.07) is 14.5. The molecule has 4 N–H and O–H groups in total. The number of likely N-dealkylation sites (tertiary alicyclic amines) is 1. The van der Waals surface area contributed by atoms with Crippen LogP contribution in [0, 0.1) is 13.8 Å². The average Bonchev–Trinajstić information content (AvgIpc) is 3.79. The van der Waals surface area contributed by atoms with Crippen molar-refractivity contribution in [2.45, 2.75) is 70.7 Å². The maximum absolute atomic E-state index is 13.7. The molecule has 1 fully saturated rings. The molecule has 1 aliphatic heterocycles. The third kappa shape index (κ3) is 7.57. The minimum absolute atomic E-state index is 0.0227. The number of hydrogen-bond donors (Lipinski definition) is 4. The van der Waals surface area contributed by atoms with Crippen LogP contribution < -0.4 is 10.6 Å². The molecule has 4 aromatic rings. The zero-order valence-electron chi connectivity index (χ0n) is 24.9. The molecule has 226 valence electrons. The van der Waals surface area contributed by atoms with Crippen LogP contribution in [0.3, 0.4) is 0 Å². The molecule has 2 aromatic carbocycles. The van der Waals surface area contributed by atoms with E-state index in [9.17, 15) is 14.7 Å². The van der Waals surface area contributed by atoms with E-state index in [1.54, 1.807) is 29.7 Å². The van der Waals surface area contributed by atoms with E-state index < -0.39 is 12.1 Å². The molecule has 0 saturated carbocycles. The highest BCUT2D eigenvalue weighted by molar-refractivity contribution is 7.09. The normalized spacial score (nSPS) is 17.0. The van der Waals surface area contributed by atoms with E-state index in [1.807, 2.05) is 66.7 Å². The number of aliphatic hydroxyl groups is 1. The smallest absolute Gasteiger partial charge is 0.254 e. The number of hydrogen-bond acceptors (Lipinski definition) is 7. The maximum atomic E-state index is 13.7. The highest BCUT2D eigenvalue weighted by Crippen LogP contribution is 2.35. The van der Waals surface area contributed by atoms with Crippen molar-refractivity contribution < 1.29 is 14.7 Å². The third-order valence-corrected chi connectivity index (χ3v) is 9.07. The molecule has 0 bridgehead atoms. The van der Waals surface area contributed by atoms with Crippen molar-refractivity contribution in [3.8, 4) is 0 Å². The van der Waals surface area contributed by atoms with Crippen molar-refractivity contribution in [3.05, 3.63) is 105 Å². The molecule has 43 heavy (non-hydrogen) atoms. The monoisotopic (exact) mass is 600 g/mol. The molecule has 2 aromatic heterocycles. The number of carbonyl (C=O) groups is 2. The van der Waals surface area contributed by atoms with E-state index in [-0.39, 0.29) is 30.4 Å². The van der Waals surface area contributed by atoms with Crippen LogP contribution in [0.2, 0.25) is 0 Å². The van der Waals surface area contributed by atoms with Gasteiger partial charge in [-0.05, 0) is 68.9 Å². The minimum Gasteiger partial charge on any atom is -0.390 e. The van der Waals surface area contributed by atoms with Crippen LogP contribution >= 0.6 is 11.3 Å². The number of aliphatic hydroxyl groups excluding tert-OH is 1. The summed E-state index contributed by atoms with van der Waals surface area (Å²) in [4.78, 5) is 33.9. The van der Waals surface area contributed by atoms with Crippen molar-refractivity contribution in [1.29, 1.82) is 0 Å². The number of H-pyrrole nitrogens is 1. The van der Waals surface area contributed by atoms with E-state index in [2.05, 4.69) is 32.7 Å². The van der Waals surface area contributed by atoms with Gasteiger partial charge in [-0.1, -0.05) is 37.3 Å². The lowest BCUT2D eigenvalue weighted by atomic mass is 9.99. The topological polar surface area (TPSA) is 123 Å². The van der Waals surface area contributed by atoms with Gasteiger partial charge in [0, 0.05) is 53.1 Å². The van der Waals surface area contributed by atoms with Crippen LogP contribution in [0.25, 0.3) is 0 Å². The second-order valence-corrected chi connectivity index (χ2v) is 12.2. The lowest BCUT2D eigenvalue weighted by molar-refractivity contribution is 0.0735. The Kier molecular flexibility index (Phi) is 10.0. The molecule has 0 radical (unpaired) electrons. The molecule has 3 heterocycles. The predicted molar refractivity (Wildman–Crippen MR) is 168 cm³/mol. The van der Waals surface area contributed by atoms with Crippen LogP contribution in [0.15, 0.2) is 66.3 Å². The van der Waals surface area contributed by atoms with Gasteiger partial charge < -0.3 is 20.6 Å². The SMILES string of the molecule is CCC(NC[C@@H](O)[C@H](Cc1ccccc1)NC(=O)c1cc(C)cc(C(=O)N2CCC[C@@H]2c2nc(C)cs2)c1)c1cn[nH]c1. The molecule has 9 nitrogen and oxygen atoms in total. The van der Waals surface area contributed by atoms with Crippen LogP contribution in [0.1, 0.15) is 86.4 Å². The van der Waals surface area contributed by atoms with Crippen molar-refractivity contribution in [3.63, 3.8) is 0 Å². The van der Waals surface area contributed by atoms with Crippen LogP contribution in [0.5, 0.6) is 0 Å². The lowest BCUT2D eigenvalue weighted by Gasteiger charge is -2.27. The zero-order chi connectivity index (χ0) is 30.3. The minimum atomic E-state index is -0.858. The Morgan fingerprint density at radius 2 is 1.95 bits per heavy atom. The molecule has 5 rings (SSSR count). The van der Waals surface area contributed by atoms with Gasteiger partial charge in [0.25, 0.3) is 11.8 Å². The van der Waals surface area contributed by atoms with Crippen molar-refractivity contribution >= 4 is 23.2 Å². The van der Waals surface area contributed by atoms with Gasteiger partial charge in [0.2, 0.25) is 0 Å². The van der Waals surface area contributed by atoms with E-state index in [4.69, 9.17) is 0 Å². The van der Waals surface area contributed by atoms with Gasteiger partial charge in [-0.3, -0.25) is 14.7 Å².